The van der Waals surface area contributed by atoms with Gasteiger partial charge < -0.3 is 10.6 Å². The molecule has 1 aliphatic heterocycles. The number of para-hydroxylation sites is 1. The van der Waals surface area contributed by atoms with Gasteiger partial charge in [-0.05, 0) is 60.6 Å². The minimum atomic E-state index is -0.443. The van der Waals surface area contributed by atoms with E-state index in [9.17, 15) is 9.59 Å². The fraction of sp³-hybridized carbons (Fsp3) is 0.484. The Morgan fingerprint density at radius 3 is 2.56 bits per heavy atom. The average molecular weight is 531 g/mol. The van der Waals surface area contributed by atoms with Gasteiger partial charge in [-0.25, -0.2) is 15.0 Å². The van der Waals surface area contributed by atoms with E-state index in [4.69, 9.17) is 4.99 Å². The van der Waals surface area contributed by atoms with Crippen LogP contribution in [0.2, 0.25) is 0 Å². The zero-order valence-corrected chi connectivity index (χ0v) is 23.3. The van der Waals surface area contributed by atoms with E-state index < -0.39 is 6.04 Å². The van der Waals surface area contributed by atoms with Crippen molar-refractivity contribution in [3.05, 3.63) is 65.2 Å². The van der Waals surface area contributed by atoms with Gasteiger partial charge in [-0.15, -0.1) is 0 Å². The first kappa shape index (κ1) is 28.6. The molecule has 4 rings (SSSR count). The number of benzene rings is 2. The van der Waals surface area contributed by atoms with E-state index in [1.54, 1.807) is 5.01 Å². The number of nitrogens with one attached hydrogen (secondary N) is 2. The molecule has 2 aliphatic rings. The maximum Gasteiger partial charge on any atom is 0.255 e. The topological polar surface area (TPSA) is 89.4 Å². The number of hydrazine groups is 1. The highest BCUT2D eigenvalue weighted by Crippen LogP contribution is 2.32. The van der Waals surface area contributed by atoms with Gasteiger partial charge in [0, 0.05) is 13.1 Å². The van der Waals surface area contributed by atoms with E-state index >= 15 is 0 Å². The molecule has 1 saturated carbocycles. The van der Waals surface area contributed by atoms with Crippen LogP contribution >= 0.6 is 0 Å². The first-order chi connectivity index (χ1) is 19.0. The summed E-state index contributed by atoms with van der Waals surface area (Å²) in [5.74, 6) is 1.12. The quantitative estimate of drug-likeness (QED) is 0.386. The first-order valence-electron chi connectivity index (χ1n) is 14.2. The molecule has 208 valence electrons. The van der Waals surface area contributed by atoms with Crippen molar-refractivity contribution in [1.29, 1.82) is 0 Å². The molecule has 0 aromatic heterocycles. The Morgan fingerprint density at radius 1 is 1.13 bits per heavy atom. The number of rotatable bonds is 8. The Morgan fingerprint density at radius 2 is 1.87 bits per heavy atom. The van der Waals surface area contributed by atoms with Crippen molar-refractivity contribution in [3.8, 4) is 0 Å². The molecule has 2 N–H and O–H groups in total. The lowest BCUT2D eigenvalue weighted by atomic mass is 9.84. The third-order valence-electron chi connectivity index (χ3n) is 7.83. The van der Waals surface area contributed by atoms with Gasteiger partial charge in [0.25, 0.3) is 5.91 Å². The molecule has 8 nitrogen and oxygen atoms in total. The van der Waals surface area contributed by atoms with Crippen molar-refractivity contribution in [2.45, 2.75) is 70.9 Å². The third kappa shape index (κ3) is 7.61. The number of carbonyl (C=O) groups excluding carboxylic acids is 2. The van der Waals surface area contributed by atoms with Crippen LogP contribution < -0.4 is 10.6 Å². The van der Waals surface area contributed by atoms with Crippen molar-refractivity contribution in [1.82, 2.24) is 20.7 Å². The molecule has 0 spiro atoms. The second kappa shape index (κ2) is 14.1. The Kier molecular flexibility index (Phi) is 10.4. The summed E-state index contributed by atoms with van der Waals surface area (Å²) in [6.45, 7) is 9.20. The Hall–Kier alpha value is -3.36. The van der Waals surface area contributed by atoms with E-state index in [-0.39, 0.29) is 25.0 Å². The standard InChI is InChI=1S/C31H42N6O2/c1-23(2)30-31(39)37(21-33-22-38)36(20-29(32-3)35-28-12-8-7-11-27(28)19-34-30)18-17-24-13-15-26(16-14-24)25-9-5-4-6-10-25/h7-8,11-16,22-23,25,30,34H,3-6,9-10,17-21H2,1-2H3,(H,33,38). The number of nitrogens with zero attached hydrogens (tertiary/aromatic N) is 4. The van der Waals surface area contributed by atoms with E-state index in [1.165, 1.54) is 43.2 Å². The Bertz CT molecular complexity index is 1140. The van der Waals surface area contributed by atoms with Crippen LogP contribution in [0.3, 0.4) is 0 Å². The zero-order valence-electron chi connectivity index (χ0n) is 23.3. The van der Waals surface area contributed by atoms with Gasteiger partial charge in [0.2, 0.25) is 6.41 Å². The largest absolute Gasteiger partial charge is 0.340 e. The van der Waals surface area contributed by atoms with Crippen LogP contribution in [0.4, 0.5) is 5.69 Å². The summed E-state index contributed by atoms with van der Waals surface area (Å²) in [6.07, 6.45) is 7.89. The van der Waals surface area contributed by atoms with Crippen molar-refractivity contribution in [2.75, 3.05) is 19.8 Å². The summed E-state index contributed by atoms with van der Waals surface area (Å²) in [5.41, 5.74) is 4.42. The molecule has 0 radical (unpaired) electrons. The average Bonchev–Trinajstić information content (AvgIpc) is 2.98. The maximum absolute atomic E-state index is 14.0. The SMILES string of the molecule is C=NC1=Nc2ccccc2CNC(C(C)C)C(=O)N(CNC=O)N(CCc2ccc(C3CCCCC3)cc2)C1. The number of amides is 2. The molecule has 1 fully saturated rings. The molecule has 2 amide bonds. The number of fused-ring (bicyclic) bond motifs is 1. The second-order valence-electron chi connectivity index (χ2n) is 10.8. The van der Waals surface area contributed by atoms with Crippen molar-refractivity contribution in [2.24, 2.45) is 15.9 Å². The molecule has 8 heteroatoms. The summed E-state index contributed by atoms with van der Waals surface area (Å²) in [5, 5.41) is 9.70. The Balaban J connectivity index is 1.61. The van der Waals surface area contributed by atoms with E-state index in [0.29, 0.717) is 31.3 Å². The highest BCUT2D eigenvalue weighted by atomic mass is 16.2. The first-order valence-corrected chi connectivity index (χ1v) is 14.2. The van der Waals surface area contributed by atoms with Crippen LogP contribution in [0, 0.1) is 5.92 Å². The van der Waals surface area contributed by atoms with Gasteiger partial charge in [-0.2, -0.15) is 0 Å². The fourth-order valence-electron chi connectivity index (χ4n) is 5.56. The fourth-order valence-corrected chi connectivity index (χ4v) is 5.56. The lowest BCUT2D eigenvalue weighted by Crippen LogP contribution is -2.58. The molecule has 1 aliphatic carbocycles. The van der Waals surface area contributed by atoms with Crippen LogP contribution in [0.25, 0.3) is 0 Å². The number of hydrogen-bond acceptors (Lipinski definition) is 6. The van der Waals surface area contributed by atoms with Crippen LogP contribution in [0.5, 0.6) is 0 Å². The number of carbonyl (C=O) groups is 2. The molecular formula is C31H42N6O2. The van der Waals surface area contributed by atoms with Gasteiger partial charge in [0.15, 0.2) is 0 Å². The van der Waals surface area contributed by atoms with Crippen molar-refractivity contribution < 1.29 is 9.59 Å². The van der Waals surface area contributed by atoms with Crippen LogP contribution in [0.1, 0.15) is 68.6 Å². The van der Waals surface area contributed by atoms with E-state index in [1.807, 2.05) is 43.1 Å². The summed E-state index contributed by atoms with van der Waals surface area (Å²) in [6, 6.07) is 16.4. The van der Waals surface area contributed by atoms with Gasteiger partial charge in [0.05, 0.1) is 18.3 Å². The predicted molar refractivity (Wildman–Crippen MR) is 157 cm³/mol. The Labute approximate surface area is 232 Å². The van der Waals surface area contributed by atoms with E-state index in [0.717, 1.165) is 17.7 Å². The normalized spacial score (nSPS) is 19.7. The number of amidine groups is 1. The highest BCUT2D eigenvalue weighted by Gasteiger charge is 2.31. The molecule has 2 aromatic rings. The lowest BCUT2D eigenvalue weighted by molar-refractivity contribution is -0.152. The molecule has 1 heterocycles. The van der Waals surface area contributed by atoms with Crippen LogP contribution in [-0.2, 0) is 22.6 Å². The summed E-state index contributed by atoms with van der Waals surface area (Å²) in [4.78, 5) is 34.3. The molecule has 1 atom stereocenters. The van der Waals surface area contributed by atoms with Crippen molar-refractivity contribution >= 4 is 30.6 Å². The van der Waals surface area contributed by atoms with Gasteiger partial charge in [-0.1, -0.05) is 75.6 Å². The van der Waals surface area contributed by atoms with Gasteiger partial charge in [-0.3, -0.25) is 14.6 Å². The minimum Gasteiger partial charge on any atom is -0.340 e. The van der Waals surface area contributed by atoms with Gasteiger partial charge in [0.1, 0.15) is 12.5 Å². The highest BCUT2D eigenvalue weighted by molar-refractivity contribution is 5.91. The zero-order chi connectivity index (χ0) is 27.6. The molecule has 2 aromatic carbocycles. The predicted octanol–water partition coefficient (Wildman–Crippen LogP) is 4.58. The number of hydrogen-bond donors (Lipinski definition) is 2. The van der Waals surface area contributed by atoms with Gasteiger partial charge >= 0.3 is 0 Å². The van der Waals surface area contributed by atoms with Crippen LogP contribution in [0.15, 0.2) is 58.5 Å². The minimum absolute atomic E-state index is 0.0382. The molecule has 39 heavy (non-hydrogen) atoms. The monoisotopic (exact) mass is 530 g/mol. The molecule has 1 unspecified atom stereocenters. The van der Waals surface area contributed by atoms with Crippen molar-refractivity contribution in [3.63, 3.8) is 0 Å². The summed E-state index contributed by atoms with van der Waals surface area (Å²) in [7, 11) is 0. The van der Waals surface area contributed by atoms with Crippen LogP contribution in [-0.4, -0.2) is 60.7 Å². The maximum atomic E-state index is 14.0. The van der Waals surface area contributed by atoms with E-state index in [2.05, 4.69) is 46.6 Å². The lowest BCUT2D eigenvalue weighted by Gasteiger charge is -2.37. The smallest absolute Gasteiger partial charge is 0.255 e. The molecule has 0 bridgehead atoms. The third-order valence-corrected chi connectivity index (χ3v) is 7.83. The second-order valence-corrected chi connectivity index (χ2v) is 10.8. The summed E-state index contributed by atoms with van der Waals surface area (Å²) < 4.78 is 0. The molecule has 0 saturated heterocycles. The molecular weight excluding hydrogens is 488 g/mol. The number of aliphatic imine (C=N–C) groups is 2. The summed E-state index contributed by atoms with van der Waals surface area (Å²) >= 11 is 0.